The number of aromatic nitrogens is 2. The van der Waals surface area contributed by atoms with Crippen LogP contribution in [0, 0.1) is 0 Å². The lowest BCUT2D eigenvalue weighted by Crippen LogP contribution is -2.25. The van der Waals surface area contributed by atoms with Crippen LogP contribution >= 0.6 is 0 Å². The molecule has 0 unspecified atom stereocenters. The van der Waals surface area contributed by atoms with Gasteiger partial charge in [0.25, 0.3) is 5.91 Å². The topological polar surface area (TPSA) is 66.9 Å². The van der Waals surface area contributed by atoms with Gasteiger partial charge in [-0.2, -0.15) is 0 Å². The lowest BCUT2D eigenvalue weighted by molar-refractivity contribution is 0.0950. The predicted molar refractivity (Wildman–Crippen MR) is 65.9 cm³/mol. The van der Waals surface area contributed by atoms with E-state index in [2.05, 4.69) is 27.5 Å². The first-order valence-electron chi connectivity index (χ1n) is 6.16. The second kappa shape index (κ2) is 5.61. The Bertz CT molecular complexity index is 373. The van der Waals surface area contributed by atoms with E-state index >= 15 is 0 Å². The fourth-order valence-corrected chi connectivity index (χ4v) is 1.41. The van der Waals surface area contributed by atoms with Crippen LogP contribution in [0.3, 0.4) is 0 Å². The number of hydrogen-bond acceptors (Lipinski definition) is 4. The van der Waals surface area contributed by atoms with Crippen molar-refractivity contribution >= 4 is 11.9 Å². The SMILES string of the molecule is CCCCNc1ncc(C(=O)NC2CC2)cn1. The molecule has 1 aromatic heterocycles. The van der Waals surface area contributed by atoms with E-state index in [-0.39, 0.29) is 5.91 Å². The Hall–Kier alpha value is -1.65. The normalized spacial score (nSPS) is 14.4. The summed E-state index contributed by atoms with van der Waals surface area (Å²) in [5, 5.41) is 6.01. The summed E-state index contributed by atoms with van der Waals surface area (Å²) in [6.07, 6.45) is 7.53. The van der Waals surface area contributed by atoms with E-state index in [0.29, 0.717) is 17.6 Å². The van der Waals surface area contributed by atoms with Crippen molar-refractivity contribution < 1.29 is 4.79 Å². The first-order chi connectivity index (χ1) is 8.29. The molecule has 0 aromatic carbocycles. The zero-order chi connectivity index (χ0) is 12.1. The van der Waals surface area contributed by atoms with Gasteiger partial charge >= 0.3 is 0 Å². The summed E-state index contributed by atoms with van der Waals surface area (Å²) < 4.78 is 0. The van der Waals surface area contributed by atoms with Gasteiger partial charge in [0.15, 0.2) is 0 Å². The molecule has 1 aliphatic carbocycles. The summed E-state index contributed by atoms with van der Waals surface area (Å²) in [4.78, 5) is 19.9. The molecule has 1 aliphatic rings. The van der Waals surface area contributed by atoms with Gasteiger partial charge in [-0.05, 0) is 19.3 Å². The molecule has 0 aliphatic heterocycles. The molecule has 2 N–H and O–H groups in total. The van der Waals surface area contributed by atoms with E-state index in [1.807, 2.05) is 0 Å². The summed E-state index contributed by atoms with van der Waals surface area (Å²) in [6, 6.07) is 0.366. The van der Waals surface area contributed by atoms with Crippen LogP contribution in [0.25, 0.3) is 0 Å². The number of hydrogen-bond donors (Lipinski definition) is 2. The molecule has 0 radical (unpaired) electrons. The number of carbonyl (C=O) groups excluding carboxylic acids is 1. The molecular weight excluding hydrogens is 216 g/mol. The molecule has 5 nitrogen and oxygen atoms in total. The first kappa shape index (κ1) is 11.8. The molecule has 92 valence electrons. The van der Waals surface area contributed by atoms with E-state index < -0.39 is 0 Å². The van der Waals surface area contributed by atoms with E-state index in [4.69, 9.17) is 0 Å². The van der Waals surface area contributed by atoms with Crippen LogP contribution in [0.1, 0.15) is 43.0 Å². The minimum absolute atomic E-state index is 0.0763. The fourth-order valence-electron chi connectivity index (χ4n) is 1.41. The van der Waals surface area contributed by atoms with Gasteiger partial charge in [-0.25, -0.2) is 9.97 Å². The number of unbranched alkanes of at least 4 members (excludes halogenated alkanes) is 1. The predicted octanol–water partition coefficient (Wildman–Crippen LogP) is 1.58. The van der Waals surface area contributed by atoms with Crippen LogP contribution in [0.5, 0.6) is 0 Å². The van der Waals surface area contributed by atoms with Crippen LogP contribution in [-0.2, 0) is 0 Å². The van der Waals surface area contributed by atoms with E-state index in [1.54, 1.807) is 12.4 Å². The quantitative estimate of drug-likeness (QED) is 0.733. The third-order valence-electron chi connectivity index (χ3n) is 2.64. The number of nitrogens with one attached hydrogen (secondary N) is 2. The van der Waals surface area contributed by atoms with Crippen molar-refractivity contribution in [3.8, 4) is 0 Å². The Morgan fingerprint density at radius 2 is 2.12 bits per heavy atom. The summed E-state index contributed by atoms with van der Waals surface area (Å²) in [6.45, 7) is 3.00. The Kier molecular flexibility index (Phi) is 3.90. The fraction of sp³-hybridized carbons (Fsp3) is 0.583. The maximum atomic E-state index is 11.7. The highest BCUT2D eigenvalue weighted by Crippen LogP contribution is 2.19. The summed E-state index contributed by atoms with van der Waals surface area (Å²) in [5.74, 6) is 0.508. The highest BCUT2D eigenvalue weighted by atomic mass is 16.1. The number of nitrogens with zero attached hydrogens (tertiary/aromatic N) is 2. The highest BCUT2D eigenvalue weighted by Gasteiger charge is 2.23. The molecule has 1 fully saturated rings. The molecule has 0 atom stereocenters. The van der Waals surface area contributed by atoms with Gasteiger partial charge in [-0.15, -0.1) is 0 Å². The van der Waals surface area contributed by atoms with Gasteiger partial charge in [0.05, 0.1) is 5.56 Å². The van der Waals surface area contributed by atoms with E-state index in [1.165, 1.54) is 0 Å². The molecule has 1 aromatic rings. The van der Waals surface area contributed by atoms with Crippen molar-refractivity contribution in [2.75, 3.05) is 11.9 Å². The zero-order valence-electron chi connectivity index (χ0n) is 10.1. The number of anilines is 1. The van der Waals surface area contributed by atoms with Gasteiger partial charge in [0.2, 0.25) is 5.95 Å². The minimum Gasteiger partial charge on any atom is -0.354 e. The van der Waals surface area contributed by atoms with E-state index in [9.17, 15) is 4.79 Å². The van der Waals surface area contributed by atoms with Crippen LogP contribution < -0.4 is 10.6 Å². The Balaban J connectivity index is 1.85. The van der Waals surface area contributed by atoms with Crippen LogP contribution in [0.2, 0.25) is 0 Å². The van der Waals surface area contributed by atoms with Crippen molar-refractivity contribution in [3.63, 3.8) is 0 Å². The van der Waals surface area contributed by atoms with Crippen molar-refractivity contribution in [1.82, 2.24) is 15.3 Å². The smallest absolute Gasteiger partial charge is 0.254 e. The van der Waals surface area contributed by atoms with Crippen molar-refractivity contribution in [1.29, 1.82) is 0 Å². The van der Waals surface area contributed by atoms with Gasteiger partial charge in [0.1, 0.15) is 0 Å². The minimum atomic E-state index is -0.0763. The van der Waals surface area contributed by atoms with Crippen molar-refractivity contribution in [3.05, 3.63) is 18.0 Å². The second-order valence-electron chi connectivity index (χ2n) is 4.32. The van der Waals surface area contributed by atoms with Crippen molar-refractivity contribution in [2.45, 2.75) is 38.6 Å². The van der Waals surface area contributed by atoms with Gasteiger partial charge in [-0.3, -0.25) is 4.79 Å². The summed E-state index contributed by atoms with van der Waals surface area (Å²) >= 11 is 0. The Morgan fingerprint density at radius 1 is 1.41 bits per heavy atom. The third kappa shape index (κ3) is 3.69. The van der Waals surface area contributed by atoms with E-state index in [0.717, 1.165) is 32.2 Å². The summed E-state index contributed by atoms with van der Waals surface area (Å²) in [5.41, 5.74) is 0.526. The van der Waals surface area contributed by atoms with Gasteiger partial charge < -0.3 is 10.6 Å². The van der Waals surface area contributed by atoms with Gasteiger partial charge in [0, 0.05) is 25.0 Å². The standard InChI is InChI=1S/C12H18N4O/c1-2-3-6-13-12-14-7-9(8-15-12)11(17)16-10-4-5-10/h7-8,10H,2-6H2,1H3,(H,16,17)(H,13,14,15). The third-order valence-corrected chi connectivity index (χ3v) is 2.64. The molecule has 0 bridgehead atoms. The van der Waals surface area contributed by atoms with Crippen LogP contribution in [0.15, 0.2) is 12.4 Å². The molecular formula is C12H18N4O. The summed E-state index contributed by atoms with van der Waals surface area (Å²) in [7, 11) is 0. The number of rotatable bonds is 6. The Labute approximate surface area is 101 Å². The Morgan fingerprint density at radius 3 is 2.71 bits per heavy atom. The van der Waals surface area contributed by atoms with Crippen LogP contribution in [0.4, 0.5) is 5.95 Å². The monoisotopic (exact) mass is 234 g/mol. The molecule has 1 amide bonds. The number of amides is 1. The van der Waals surface area contributed by atoms with Crippen LogP contribution in [-0.4, -0.2) is 28.5 Å². The lowest BCUT2D eigenvalue weighted by Gasteiger charge is -2.05. The lowest BCUT2D eigenvalue weighted by atomic mass is 10.3. The first-order valence-corrected chi connectivity index (χ1v) is 6.16. The molecule has 0 spiro atoms. The largest absolute Gasteiger partial charge is 0.354 e. The number of carbonyl (C=O) groups is 1. The molecule has 17 heavy (non-hydrogen) atoms. The average Bonchev–Trinajstić information content (AvgIpc) is 3.14. The highest BCUT2D eigenvalue weighted by molar-refractivity contribution is 5.94. The van der Waals surface area contributed by atoms with Gasteiger partial charge in [-0.1, -0.05) is 13.3 Å². The molecule has 0 saturated heterocycles. The molecule has 5 heteroatoms. The molecule has 2 rings (SSSR count). The maximum absolute atomic E-state index is 11.7. The second-order valence-corrected chi connectivity index (χ2v) is 4.32. The average molecular weight is 234 g/mol. The molecule has 1 heterocycles. The maximum Gasteiger partial charge on any atom is 0.254 e. The van der Waals surface area contributed by atoms with Crippen molar-refractivity contribution in [2.24, 2.45) is 0 Å². The molecule has 1 saturated carbocycles. The zero-order valence-corrected chi connectivity index (χ0v) is 10.1.